The Morgan fingerprint density at radius 2 is 1.79 bits per heavy atom. The van der Waals surface area contributed by atoms with Crippen LogP contribution in [0.2, 0.25) is 0 Å². The molecule has 1 saturated heterocycles. The predicted molar refractivity (Wildman–Crippen MR) is 103 cm³/mol. The number of imidazole rings is 1. The van der Waals surface area contributed by atoms with Gasteiger partial charge in [0.2, 0.25) is 5.62 Å². The van der Waals surface area contributed by atoms with Gasteiger partial charge in [-0.2, -0.15) is 13.6 Å². The number of fused-ring (bicyclic) bond motifs is 1. The SMILES string of the molecule is Cn1c(N)c2ncn(C3OC(COP(=O)(O)OP(=O)(O)OP(=O)(O)O)C(O)C3O)c2nc1=N. The van der Waals surface area contributed by atoms with Crippen molar-refractivity contribution in [3.05, 3.63) is 11.9 Å². The van der Waals surface area contributed by atoms with Crippen molar-refractivity contribution in [2.45, 2.75) is 24.5 Å². The first-order chi connectivity index (χ1) is 15.0. The van der Waals surface area contributed by atoms with Crippen molar-refractivity contribution in [2.75, 3.05) is 12.3 Å². The van der Waals surface area contributed by atoms with E-state index >= 15 is 0 Å². The topological polar surface area (TPSA) is 295 Å². The number of rotatable bonds is 8. The van der Waals surface area contributed by atoms with Gasteiger partial charge in [0.1, 0.15) is 29.6 Å². The molecule has 1 aliphatic heterocycles. The highest BCUT2D eigenvalue weighted by Crippen LogP contribution is 2.66. The Morgan fingerprint density at radius 3 is 2.39 bits per heavy atom. The van der Waals surface area contributed by atoms with Crippen molar-refractivity contribution in [2.24, 2.45) is 7.05 Å². The van der Waals surface area contributed by atoms with Gasteiger partial charge < -0.3 is 40.3 Å². The van der Waals surface area contributed by atoms with Crippen LogP contribution in [0.3, 0.4) is 0 Å². The third-order valence-electron chi connectivity index (χ3n) is 4.33. The number of ether oxygens (including phenoxy) is 1. The molecule has 0 radical (unpaired) electrons. The molecule has 19 nitrogen and oxygen atoms in total. The molecular formula is C11H19N6O13P3. The van der Waals surface area contributed by atoms with Crippen LogP contribution < -0.4 is 11.4 Å². The average molecular weight is 536 g/mol. The Bertz CT molecular complexity index is 1260. The van der Waals surface area contributed by atoms with Crippen LogP contribution in [-0.4, -0.2) is 73.8 Å². The van der Waals surface area contributed by atoms with Crippen LogP contribution >= 0.6 is 23.5 Å². The van der Waals surface area contributed by atoms with Crippen molar-refractivity contribution in [1.29, 1.82) is 5.41 Å². The minimum atomic E-state index is -5.72. The van der Waals surface area contributed by atoms with Gasteiger partial charge in [-0.25, -0.2) is 18.7 Å². The molecule has 6 unspecified atom stereocenters. The van der Waals surface area contributed by atoms with E-state index in [4.69, 9.17) is 30.6 Å². The quantitative estimate of drug-likeness (QED) is 0.166. The molecule has 186 valence electrons. The molecule has 1 fully saturated rings. The third-order valence-corrected chi connectivity index (χ3v) is 8.13. The van der Waals surface area contributed by atoms with E-state index in [0.29, 0.717) is 0 Å². The van der Waals surface area contributed by atoms with Gasteiger partial charge in [0.15, 0.2) is 11.9 Å². The number of aliphatic hydroxyl groups is 2. The van der Waals surface area contributed by atoms with E-state index < -0.39 is 54.6 Å². The lowest BCUT2D eigenvalue weighted by Crippen LogP contribution is -2.33. The first-order valence-corrected chi connectivity index (χ1v) is 13.1. The summed E-state index contributed by atoms with van der Waals surface area (Å²) in [5.41, 5.74) is 5.82. The van der Waals surface area contributed by atoms with Crippen molar-refractivity contribution in [3.8, 4) is 0 Å². The normalized spacial score (nSPS) is 27.5. The first-order valence-electron chi connectivity index (χ1n) is 8.55. The van der Waals surface area contributed by atoms with Gasteiger partial charge in [0, 0.05) is 7.05 Å². The third kappa shape index (κ3) is 5.75. The number of phosphoric ester groups is 1. The number of nitrogens with two attached hydrogens (primary N) is 1. The lowest BCUT2D eigenvalue weighted by molar-refractivity contribution is -0.0503. The van der Waals surface area contributed by atoms with Crippen molar-refractivity contribution >= 4 is 40.4 Å². The Balaban J connectivity index is 1.75. The van der Waals surface area contributed by atoms with Gasteiger partial charge in [0.25, 0.3) is 0 Å². The van der Waals surface area contributed by atoms with Crippen LogP contribution in [0.15, 0.2) is 6.33 Å². The fourth-order valence-electron chi connectivity index (χ4n) is 2.85. The number of anilines is 1. The minimum Gasteiger partial charge on any atom is -0.387 e. The Kier molecular flexibility index (Phi) is 7.03. The Morgan fingerprint density at radius 1 is 1.15 bits per heavy atom. The molecule has 9 N–H and O–H groups in total. The highest BCUT2D eigenvalue weighted by atomic mass is 31.3. The molecule has 6 atom stereocenters. The number of aromatic nitrogens is 4. The van der Waals surface area contributed by atoms with E-state index in [0.717, 1.165) is 4.57 Å². The summed E-state index contributed by atoms with van der Waals surface area (Å²) in [6.07, 6.45) is -5.06. The summed E-state index contributed by atoms with van der Waals surface area (Å²) in [5.74, 6) is 0.0843. The zero-order chi connectivity index (χ0) is 24.9. The molecule has 3 heterocycles. The molecule has 0 bridgehead atoms. The number of hydrogen-bond acceptors (Lipinski definition) is 13. The average Bonchev–Trinajstić information content (AvgIpc) is 3.17. The second-order valence-corrected chi connectivity index (χ2v) is 11.1. The molecule has 0 aromatic carbocycles. The molecule has 1 aliphatic rings. The molecule has 0 spiro atoms. The summed E-state index contributed by atoms with van der Waals surface area (Å²) < 4.78 is 53.2. The van der Waals surface area contributed by atoms with E-state index in [-0.39, 0.29) is 22.6 Å². The fourth-order valence-corrected chi connectivity index (χ4v) is 5.88. The van der Waals surface area contributed by atoms with Gasteiger partial charge >= 0.3 is 23.5 Å². The zero-order valence-corrected chi connectivity index (χ0v) is 19.0. The zero-order valence-electron chi connectivity index (χ0n) is 16.3. The number of nitrogens with zero attached hydrogens (tertiary/aromatic N) is 4. The fraction of sp³-hybridized carbons (Fsp3) is 0.545. The molecule has 0 saturated carbocycles. The summed E-state index contributed by atoms with van der Waals surface area (Å²) in [7, 11) is -15.3. The van der Waals surface area contributed by atoms with Gasteiger partial charge in [0.05, 0.1) is 12.9 Å². The van der Waals surface area contributed by atoms with E-state index in [1.807, 2.05) is 0 Å². The molecule has 2 aromatic rings. The number of nitrogens with one attached hydrogen (secondary N) is 1. The summed E-state index contributed by atoms with van der Waals surface area (Å²) in [6, 6.07) is 0. The summed E-state index contributed by atoms with van der Waals surface area (Å²) in [5, 5.41) is 28.4. The maximum absolute atomic E-state index is 11.8. The lowest BCUT2D eigenvalue weighted by atomic mass is 10.1. The molecular weight excluding hydrogens is 517 g/mol. The first kappa shape index (κ1) is 26.1. The molecule has 3 rings (SSSR count). The summed E-state index contributed by atoms with van der Waals surface area (Å²) in [4.78, 5) is 43.7. The van der Waals surface area contributed by atoms with Gasteiger partial charge in [-0.3, -0.25) is 19.1 Å². The summed E-state index contributed by atoms with van der Waals surface area (Å²) >= 11 is 0. The lowest BCUT2D eigenvalue weighted by Gasteiger charge is -2.19. The minimum absolute atomic E-state index is 0.0281. The van der Waals surface area contributed by atoms with Crippen LogP contribution in [0.5, 0.6) is 0 Å². The number of nitrogen functional groups attached to an aromatic ring is 1. The standard InChI is InChI=1S/C11H19N6O13P3/c1-16-8(12)5-9(15-11(16)13)17(3-14-5)10-7(19)6(18)4(28-10)2-27-32(23,24)30-33(25,26)29-31(20,21)22/h3-4,6-7,10,13,18-19H,2,12H2,1H3,(H,23,24)(H,25,26)(H2,20,21,22). The molecule has 0 aliphatic carbocycles. The Labute approximate surface area is 182 Å². The Hall–Kier alpha value is -1.56. The highest BCUT2D eigenvalue weighted by Gasteiger charge is 2.47. The maximum Gasteiger partial charge on any atom is 0.490 e. The largest absolute Gasteiger partial charge is 0.490 e. The van der Waals surface area contributed by atoms with Crippen LogP contribution in [0.4, 0.5) is 5.82 Å². The van der Waals surface area contributed by atoms with Gasteiger partial charge in [-0.15, -0.1) is 0 Å². The van der Waals surface area contributed by atoms with Crippen molar-refractivity contribution in [1.82, 2.24) is 19.1 Å². The van der Waals surface area contributed by atoms with E-state index in [1.54, 1.807) is 0 Å². The molecule has 22 heteroatoms. The van der Waals surface area contributed by atoms with Crippen LogP contribution in [0, 0.1) is 5.41 Å². The van der Waals surface area contributed by atoms with E-state index in [2.05, 4.69) is 23.1 Å². The van der Waals surface area contributed by atoms with E-state index in [9.17, 15) is 28.8 Å². The van der Waals surface area contributed by atoms with Crippen molar-refractivity contribution < 1.29 is 61.4 Å². The smallest absolute Gasteiger partial charge is 0.387 e. The van der Waals surface area contributed by atoms with E-state index in [1.165, 1.54) is 17.9 Å². The number of phosphoric acid groups is 3. The summed E-state index contributed by atoms with van der Waals surface area (Å²) in [6.45, 7) is -0.987. The number of aliphatic hydroxyl groups excluding tert-OH is 2. The second kappa shape index (κ2) is 8.90. The predicted octanol–water partition coefficient (Wildman–Crippen LogP) is -2.21. The maximum atomic E-state index is 11.8. The molecule has 0 amide bonds. The van der Waals surface area contributed by atoms with Gasteiger partial charge in [-0.05, 0) is 0 Å². The molecule has 33 heavy (non-hydrogen) atoms. The highest BCUT2D eigenvalue weighted by molar-refractivity contribution is 7.66. The van der Waals surface area contributed by atoms with Crippen LogP contribution in [0.1, 0.15) is 6.23 Å². The van der Waals surface area contributed by atoms with Gasteiger partial charge in [-0.1, -0.05) is 0 Å². The van der Waals surface area contributed by atoms with Crippen LogP contribution in [-0.2, 0) is 38.6 Å². The van der Waals surface area contributed by atoms with Crippen LogP contribution in [0.25, 0.3) is 11.2 Å². The molecule has 2 aromatic heterocycles. The number of hydrogen-bond donors (Lipinski definition) is 8. The monoisotopic (exact) mass is 536 g/mol. The second-order valence-electron chi connectivity index (χ2n) is 6.64. The van der Waals surface area contributed by atoms with Crippen molar-refractivity contribution in [3.63, 3.8) is 0 Å².